The first-order chi connectivity index (χ1) is 18.3. The molecule has 0 aliphatic rings. The predicted molar refractivity (Wildman–Crippen MR) is 143 cm³/mol. The Morgan fingerprint density at radius 3 is 2.29 bits per heavy atom. The summed E-state index contributed by atoms with van der Waals surface area (Å²) in [6, 6.07) is 19.9. The van der Waals surface area contributed by atoms with Gasteiger partial charge in [0.05, 0.1) is 22.8 Å². The lowest BCUT2D eigenvalue weighted by Crippen LogP contribution is -2.46. The number of sulfonamides is 1. The van der Waals surface area contributed by atoms with E-state index in [9.17, 15) is 23.1 Å². The van der Waals surface area contributed by atoms with E-state index in [0.717, 1.165) is 4.31 Å². The number of amides is 2. The van der Waals surface area contributed by atoms with E-state index in [2.05, 4.69) is 10.3 Å². The number of nitrogens with zero attached hydrogens (tertiary/aromatic N) is 4. The number of aromatic nitrogens is 2. The maximum absolute atomic E-state index is 13.7. The zero-order valence-corrected chi connectivity index (χ0v) is 21.5. The van der Waals surface area contributed by atoms with E-state index in [1.807, 2.05) is 6.92 Å². The van der Waals surface area contributed by atoms with Crippen molar-refractivity contribution in [1.82, 2.24) is 15.0 Å². The molecular weight excluding hydrogens is 506 g/mol. The van der Waals surface area contributed by atoms with E-state index in [0.29, 0.717) is 18.7 Å². The quantitative estimate of drug-likeness (QED) is 0.322. The van der Waals surface area contributed by atoms with Crippen molar-refractivity contribution in [1.29, 1.82) is 0 Å². The molecule has 10 nitrogen and oxygen atoms in total. The molecule has 0 saturated heterocycles. The van der Waals surface area contributed by atoms with Crippen molar-refractivity contribution in [2.75, 3.05) is 22.4 Å². The van der Waals surface area contributed by atoms with Crippen LogP contribution in [0.4, 0.5) is 11.4 Å². The third-order valence-corrected chi connectivity index (χ3v) is 7.39. The minimum atomic E-state index is -4.17. The number of para-hydroxylation sites is 3. The van der Waals surface area contributed by atoms with Crippen molar-refractivity contribution in [3.8, 4) is 5.75 Å². The molecule has 1 aromatic heterocycles. The van der Waals surface area contributed by atoms with E-state index in [1.165, 1.54) is 47.7 Å². The first-order valence-corrected chi connectivity index (χ1v) is 13.3. The second-order valence-electron chi connectivity index (χ2n) is 8.26. The van der Waals surface area contributed by atoms with Gasteiger partial charge in [-0.25, -0.2) is 27.4 Å². The van der Waals surface area contributed by atoms with Gasteiger partial charge in [-0.05, 0) is 55.0 Å². The third-order valence-electron chi connectivity index (χ3n) is 5.64. The van der Waals surface area contributed by atoms with Gasteiger partial charge in [-0.1, -0.05) is 37.3 Å². The lowest BCUT2D eigenvalue weighted by molar-refractivity contribution is -0.119. The van der Waals surface area contributed by atoms with Crippen molar-refractivity contribution in [2.45, 2.75) is 18.2 Å². The van der Waals surface area contributed by atoms with E-state index >= 15 is 0 Å². The zero-order valence-electron chi connectivity index (χ0n) is 20.6. The minimum absolute atomic E-state index is 0.0774. The molecule has 196 valence electrons. The Morgan fingerprint density at radius 2 is 1.66 bits per heavy atom. The van der Waals surface area contributed by atoms with Crippen LogP contribution in [0.5, 0.6) is 5.75 Å². The van der Waals surface area contributed by atoms with Crippen LogP contribution in [0.25, 0.3) is 0 Å². The van der Waals surface area contributed by atoms with Gasteiger partial charge in [0.1, 0.15) is 12.1 Å². The number of benzene rings is 3. The number of hydrogen-bond donors (Lipinski definition) is 2. The first kappa shape index (κ1) is 26.4. The number of phenolic OH excluding ortho intramolecular Hbond substituents is 1. The molecular formula is C27H27N5O5S. The number of imidazole rings is 1. The van der Waals surface area contributed by atoms with E-state index in [1.54, 1.807) is 59.5 Å². The van der Waals surface area contributed by atoms with Crippen LogP contribution in [0.2, 0.25) is 0 Å². The number of phenols is 1. The average molecular weight is 534 g/mol. The molecule has 4 aromatic rings. The molecule has 38 heavy (non-hydrogen) atoms. The number of nitrogens with one attached hydrogen (secondary N) is 1. The molecule has 1 heterocycles. The molecule has 2 amide bonds. The minimum Gasteiger partial charge on any atom is -0.506 e. The number of carbonyl (C=O) groups is 2. The fraction of sp³-hybridized carbons (Fsp3) is 0.148. The van der Waals surface area contributed by atoms with Gasteiger partial charge in [0.2, 0.25) is 0 Å². The van der Waals surface area contributed by atoms with Gasteiger partial charge < -0.3 is 10.4 Å². The van der Waals surface area contributed by atoms with Gasteiger partial charge in [0.15, 0.2) is 0 Å². The molecule has 0 bridgehead atoms. The highest BCUT2D eigenvalue weighted by Crippen LogP contribution is 2.37. The second-order valence-corrected chi connectivity index (χ2v) is 10.0. The molecule has 0 aliphatic heterocycles. The number of carbonyl (C=O) groups excluding carboxylic acids is 2. The van der Waals surface area contributed by atoms with E-state index in [-0.39, 0.29) is 34.3 Å². The summed E-state index contributed by atoms with van der Waals surface area (Å²) in [6.45, 7) is 2.14. The maximum atomic E-state index is 13.7. The zero-order chi connectivity index (χ0) is 27.1. The SMILES string of the molecule is CCCN(C(=O)CNC(=O)c1ccc(S(=O)(=O)N(c2ccccc2)c2ccccc2O)cc1)n1ccnc1. The molecule has 0 atom stereocenters. The summed E-state index contributed by atoms with van der Waals surface area (Å²) in [6.07, 6.45) is 5.42. The molecule has 0 aliphatic carbocycles. The summed E-state index contributed by atoms with van der Waals surface area (Å²) in [5.41, 5.74) is 0.618. The van der Waals surface area contributed by atoms with Crippen molar-refractivity contribution in [3.63, 3.8) is 0 Å². The highest BCUT2D eigenvalue weighted by atomic mass is 32.2. The molecule has 2 N–H and O–H groups in total. The van der Waals surface area contributed by atoms with Gasteiger partial charge in [-0.15, -0.1) is 0 Å². The fourth-order valence-corrected chi connectivity index (χ4v) is 5.32. The summed E-state index contributed by atoms with van der Waals surface area (Å²) in [4.78, 5) is 29.3. The van der Waals surface area contributed by atoms with Crippen LogP contribution in [0.3, 0.4) is 0 Å². The van der Waals surface area contributed by atoms with Crippen LogP contribution < -0.4 is 14.6 Å². The van der Waals surface area contributed by atoms with Crippen molar-refractivity contribution in [2.24, 2.45) is 0 Å². The molecule has 3 aromatic carbocycles. The summed E-state index contributed by atoms with van der Waals surface area (Å²) in [7, 11) is -4.17. The van der Waals surface area contributed by atoms with Crippen LogP contribution >= 0.6 is 0 Å². The van der Waals surface area contributed by atoms with Gasteiger partial charge in [0, 0.05) is 24.5 Å². The molecule has 0 fully saturated rings. The molecule has 11 heteroatoms. The highest BCUT2D eigenvalue weighted by Gasteiger charge is 2.28. The van der Waals surface area contributed by atoms with Crippen molar-refractivity contribution >= 4 is 33.2 Å². The first-order valence-electron chi connectivity index (χ1n) is 11.9. The topological polar surface area (TPSA) is 125 Å². The molecule has 0 unspecified atom stereocenters. The fourth-order valence-electron chi connectivity index (χ4n) is 3.82. The van der Waals surface area contributed by atoms with Crippen LogP contribution in [-0.2, 0) is 14.8 Å². The Labute approximate surface area is 220 Å². The number of anilines is 2. The lowest BCUT2D eigenvalue weighted by Gasteiger charge is -2.25. The third kappa shape index (κ3) is 5.68. The average Bonchev–Trinajstić information content (AvgIpc) is 3.47. The Bertz CT molecular complexity index is 1490. The maximum Gasteiger partial charge on any atom is 0.268 e. The van der Waals surface area contributed by atoms with Gasteiger partial charge in [0.25, 0.3) is 21.8 Å². The van der Waals surface area contributed by atoms with E-state index in [4.69, 9.17) is 0 Å². The number of aromatic hydroxyl groups is 1. The molecule has 0 radical (unpaired) electrons. The predicted octanol–water partition coefficient (Wildman–Crippen LogP) is 3.42. The second kappa shape index (κ2) is 11.6. The highest BCUT2D eigenvalue weighted by molar-refractivity contribution is 7.93. The van der Waals surface area contributed by atoms with Crippen molar-refractivity contribution < 1.29 is 23.1 Å². The molecule has 0 spiro atoms. The van der Waals surface area contributed by atoms with Crippen LogP contribution in [0, 0.1) is 0 Å². The standard InChI is InChI=1S/C27H27N5O5S/c1-2-17-31(30-18-16-28-20-30)26(34)19-29-27(35)21-12-14-23(15-13-21)38(36,37)32(22-8-4-3-5-9-22)24-10-6-7-11-25(24)33/h3-16,18,20,33H,2,17,19H2,1H3,(H,29,35). The van der Waals surface area contributed by atoms with E-state index < -0.39 is 15.9 Å². The number of hydrogen-bond acceptors (Lipinski definition) is 6. The van der Waals surface area contributed by atoms with Crippen LogP contribution in [-0.4, -0.2) is 48.1 Å². The molecule has 0 saturated carbocycles. The van der Waals surface area contributed by atoms with Crippen LogP contribution in [0.1, 0.15) is 23.7 Å². The van der Waals surface area contributed by atoms with Crippen molar-refractivity contribution in [3.05, 3.63) is 103 Å². The number of rotatable bonds is 10. The summed E-state index contributed by atoms with van der Waals surface area (Å²) >= 11 is 0. The summed E-state index contributed by atoms with van der Waals surface area (Å²) in [5.74, 6) is -1.04. The Kier molecular flexibility index (Phi) is 8.07. The van der Waals surface area contributed by atoms with Gasteiger partial charge >= 0.3 is 0 Å². The van der Waals surface area contributed by atoms with Gasteiger partial charge in [-0.2, -0.15) is 0 Å². The molecule has 4 rings (SSSR count). The Hall–Kier alpha value is -4.64. The summed E-state index contributed by atoms with van der Waals surface area (Å²) in [5, 5.41) is 14.5. The smallest absolute Gasteiger partial charge is 0.268 e. The monoisotopic (exact) mass is 533 g/mol. The Balaban J connectivity index is 1.53. The largest absolute Gasteiger partial charge is 0.506 e. The van der Waals surface area contributed by atoms with Crippen LogP contribution in [0.15, 0.2) is 102 Å². The summed E-state index contributed by atoms with van der Waals surface area (Å²) < 4.78 is 30.0. The Morgan fingerprint density at radius 1 is 0.974 bits per heavy atom. The van der Waals surface area contributed by atoms with Gasteiger partial charge in [-0.3, -0.25) is 9.59 Å². The lowest BCUT2D eigenvalue weighted by atomic mass is 10.2. The normalized spacial score (nSPS) is 11.1.